The van der Waals surface area contributed by atoms with Crippen molar-refractivity contribution >= 4 is 11.9 Å². The molecule has 27 heavy (non-hydrogen) atoms. The van der Waals surface area contributed by atoms with E-state index in [2.05, 4.69) is 10.1 Å². The van der Waals surface area contributed by atoms with E-state index in [9.17, 15) is 22.8 Å². The number of halogens is 3. The Morgan fingerprint density at radius 1 is 1.04 bits per heavy atom. The van der Waals surface area contributed by atoms with Crippen molar-refractivity contribution in [2.45, 2.75) is 19.5 Å². The summed E-state index contributed by atoms with van der Waals surface area (Å²) in [5.41, 5.74) is 6.98. The van der Waals surface area contributed by atoms with Crippen molar-refractivity contribution in [1.29, 1.82) is 0 Å². The smallest absolute Gasteiger partial charge is 0.406 e. The molecule has 0 unspecified atom stereocenters. The Bertz CT molecular complexity index is 790. The number of carbonyl (C=O) groups is 2. The molecule has 0 fully saturated rings. The highest BCUT2D eigenvalue weighted by Crippen LogP contribution is 2.22. The molecule has 0 aliphatic carbocycles. The maximum Gasteiger partial charge on any atom is 0.573 e. The van der Waals surface area contributed by atoms with E-state index in [1.807, 2.05) is 0 Å². The zero-order valence-corrected chi connectivity index (χ0v) is 14.4. The van der Waals surface area contributed by atoms with Gasteiger partial charge in [0.15, 0.2) is 0 Å². The number of primary amides is 1. The van der Waals surface area contributed by atoms with Crippen molar-refractivity contribution in [3.8, 4) is 5.75 Å². The van der Waals surface area contributed by atoms with Gasteiger partial charge in [-0.15, -0.1) is 13.2 Å². The molecule has 2 aromatic carbocycles. The van der Waals surface area contributed by atoms with Crippen LogP contribution in [0.15, 0.2) is 48.5 Å². The molecule has 0 radical (unpaired) electrons. The molecule has 0 bridgehead atoms. The molecule has 0 heterocycles. The van der Waals surface area contributed by atoms with E-state index < -0.39 is 12.3 Å². The topological polar surface area (TPSA) is 84.7 Å². The Hall–Kier alpha value is -3.23. The summed E-state index contributed by atoms with van der Waals surface area (Å²) in [5.74, 6) is -0.853. The van der Waals surface area contributed by atoms with Crippen LogP contribution >= 0.6 is 0 Å². The Morgan fingerprint density at radius 3 is 2.11 bits per heavy atom. The molecular formula is C18H18F3N3O3. The summed E-state index contributed by atoms with van der Waals surface area (Å²) in [4.78, 5) is 24.6. The minimum atomic E-state index is -4.74. The van der Waals surface area contributed by atoms with Gasteiger partial charge in [-0.3, -0.25) is 4.79 Å². The number of ether oxygens (including phenoxy) is 1. The van der Waals surface area contributed by atoms with Crippen molar-refractivity contribution in [3.63, 3.8) is 0 Å². The molecule has 144 valence electrons. The molecule has 6 nitrogen and oxygen atoms in total. The SMILES string of the molecule is CN(Cc1ccc(C(N)=O)cc1)C(=O)NCc1ccc(OC(F)(F)F)cc1. The first-order valence-corrected chi connectivity index (χ1v) is 7.86. The first-order chi connectivity index (χ1) is 12.6. The molecule has 3 amide bonds. The van der Waals surface area contributed by atoms with Gasteiger partial charge in [-0.25, -0.2) is 4.79 Å². The first-order valence-electron chi connectivity index (χ1n) is 7.86. The minimum Gasteiger partial charge on any atom is -0.406 e. The highest BCUT2D eigenvalue weighted by molar-refractivity contribution is 5.92. The molecule has 0 saturated carbocycles. The van der Waals surface area contributed by atoms with Crippen molar-refractivity contribution in [2.75, 3.05) is 7.05 Å². The van der Waals surface area contributed by atoms with E-state index in [1.165, 1.54) is 29.2 Å². The number of benzene rings is 2. The minimum absolute atomic E-state index is 0.149. The van der Waals surface area contributed by atoms with Crippen LogP contribution < -0.4 is 15.8 Å². The summed E-state index contributed by atoms with van der Waals surface area (Å²) in [5, 5.41) is 2.67. The molecule has 2 rings (SSSR count). The number of nitrogens with two attached hydrogens (primary N) is 1. The van der Waals surface area contributed by atoms with Crippen molar-refractivity contribution in [3.05, 3.63) is 65.2 Å². The molecule has 0 aliphatic rings. The van der Waals surface area contributed by atoms with Crippen LogP contribution in [-0.4, -0.2) is 30.2 Å². The number of hydrogen-bond donors (Lipinski definition) is 2. The highest BCUT2D eigenvalue weighted by atomic mass is 19.4. The summed E-state index contributed by atoms with van der Waals surface area (Å²) < 4.78 is 40.1. The number of alkyl halides is 3. The van der Waals surface area contributed by atoms with Gasteiger partial charge in [0, 0.05) is 25.7 Å². The lowest BCUT2D eigenvalue weighted by Crippen LogP contribution is -2.36. The highest BCUT2D eigenvalue weighted by Gasteiger charge is 2.30. The van der Waals surface area contributed by atoms with Gasteiger partial charge in [-0.2, -0.15) is 0 Å². The molecule has 3 N–H and O–H groups in total. The number of nitrogens with zero attached hydrogens (tertiary/aromatic N) is 1. The standard InChI is InChI=1S/C18H18F3N3O3/c1-24(11-13-2-6-14(7-3-13)16(22)25)17(26)23-10-12-4-8-15(9-5-12)27-18(19,20)21/h2-9H,10-11H2,1H3,(H2,22,25)(H,23,26). The summed E-state index contributed by atoms with van der Waals surface area (Å²) in [6.07, 6.45) is -4.74. The molecule has 0 aliphatic heterocycles. The van der Waals surface area contributed by atoms with Gasteiger partial charge in [0.05, 0.1) is 0 Å². The van der Waals surface area contributed by atoms with Crippen molar-refractivity contribution in [2.24, 2.45) is 5.73 Å². The average Bonchev–Trinajstić information content (AvgIpc) is 2.60. The summed E-state index contributed by atoms with van der Waals surface area (Å²) in [7, 11) is 1.59. The quantitative estimate of drug-likeness (QED) is 0.807. The Morgan fingerprint density at radius 2 is 1.59 bits per heavy atom. The summed E-state index contributed by atoms with van der Waals surface area (Å²) in [6.45, 7) is 0.458. The molecule has 0 aromatic heterocycles. The lowest BCUT2D eigenvalue weighted by Gasteiger charge is -2.18. The zero-order chi connectivity index (χ0) is 20.0. The van der Waals surface area contributed by atoms with Crippen LogP contribution in [0.5, 0.6) is 5.75 Å². The fourth-order valence-electron chi connectivity index (χ4n) is 2.24. The zero-order valence-electron chi connectivity index (χ0n) is 14.4. The van der Waals surface area contributed by atoms with Crippen LogP contribution in [0.1, 0.15) is 21.5 Å². The second-order valence-electron chi connectivity index (χ2n) is 5.77. The Balaban J connectivity index is 1.84. The number of urea groups is 1. The van der Waals surface area contributed by atoms with Gasteiger partial charge in [0.1, 0.15) is 5.75 Å². The Kier molecular flexibility index (Phi) is 6.27. The number of nitrogens with one attached hydrogen (secondary N) is 1. The van der Waals surface area contributed by atoms with E-state index >= 15 is 0 Å². The number of hydrogen-bond acceptors (Lipinski definition) is 3. The van der Waals surface area contributed by atoms with Crippen LogP contribution in [0.4, 0.5) is 18.0 Å². The molecule has 9 heteroatoms. The lowest BCUT2D eigenvalue weighted by atomic mass is 10.1. The van der Waals surface area contributed by atoms with Crippen LogP contribution in [-0.2, 0) is 13.1 Å². The van der Waals surface area contributed by atoms with Gasteiger partial charge in [0.25, 0.3) is 0 Å². The molecule has 0 spiro atoms. The fourth-order valence-corrected chi connectivity index (χ4v) is 2.24. The van der Waals surface area contributed by atoms with E-state index in [1.54, 1.807) is 31.3 Å². The fraction of sp³-hybridized carbons (Fsp3) is 0.222. The van der Waals surface area contributed by atoms with Gasteiger partial charge in [-0.1, -0.05) is 24.3 Å². The monoisotopic (exact) mass is 381 g/mol. The third kappa shape index (κ3) is 6.53. The van der Waals surface area contributed by atoms with Gasteiger partial charge < -0.3 is 20.7 Å². The lowest BCUT2D eigenvalue weighted by molar-refractivity contribution is -0.274. The van der Waals surface area contributed by atoms with Crippen molar-refractivity contribution in [1.82, 2.24) is 10.2 Å². The van der Waals surface area contributed by atoms with Crippen LogP contribution in [0, 0.1) is 0 Å². The first kappa shape index (κ1) is 20.1. The second kappa shape index (κ2) is 8.43. The summed E-state index contributed by atoms with van der Waals surface area (Å²) in [6, 6.07) is 11.4. The normalized spacial score (nSPS) is 11.0. The van der Waals surface area contributed by atoms with Gasteiger partial charge in [0.2, 0.25) is 5.91 Å². The predicted molar refractivity (Wildman–Crippen MR) is 91.8 cm³/mol. The maximum absolute atomic E-state index is 12.1. The third-order valence-electron chi connectivity index (χ3n) is 3.61. The largest absolute Gasteiger partial charge is 0.573 e. The van der Waals surface area contributed by atoms with E-state index in [0.717, 1.165) is 5.56 Å². The number of amides is 3. The summed E-state index contributed by atoms with van der Waals surface area (Å²) >= 11 is 0. The van der Waals surface area contributed by atoms with E-state index in [4.69, 9.17) is 5.73 Å². The molecular weight excluding hydrogens is 363 g/mol. The van der Waals surface area contributed by atoms with Crippen molar-refractivity contribution < 1.29 is 27.5 Å². The maximum atomic E-state index is 12.1. The van der Waals surface area contributed by atoms with E-state index in [-0.39, 0.29) is 18.3 Å². The Labute approximate surface area is 153 Å². The predicted octanol–water partition coefficient (Wildman–Crippen LogP) is 3.03. The van der Waals surface area contributed by atoms with E-state index in [0.29, 0.717) is 17.7 Å². The number of rotatable bonds is 6. The number of carbonyl (C=O) groups excluding carboxylic acids is 2. The van der Waals surface area contributed by atoms with Crippen LogP contribution in [0.3, 0.4) is 0 Å². The average molecular weight is 381 g/mol. The molecule has 0 atom stereocenters. The third-order valence-corrected chi connectivity index (χ3v) is 3.61. The van der Waals surface area contributed by atoms with Crippen LogP contribution in [0.25, 0.3) is 0 Å². The van der Waals surface area contributed by atoms with Gasteiger partial charge in [-0.05, 0) is 35.4 Å². The van der Waals surface area contributed by atoms with Gasteiger partial charge >= 0.3 is 12.4 Å². The van der Waals surface area contributed by atoms with Crippen LogP contribution in [0.2, 0.25) is 0 Å². The molecule has 0 saturated heterocycles. The molecule has 2 aromatic rings. The second-order valence-corrected chi connectivity index (χ2v) is 5.77.